The Kier molecular flexibility index (Phi) is 7.38. The Morgan fingerprint density at radius 1 is 1.07 bits per heavy atom. The molecule has 1 aromatic carbocycles. The fraction of sp³-hybridized carbons (Fsp3) is 0.429. The predicted octanol–water partition coefficient (Wildman–Crippen LogP) is 1.19. The molecule has 1 aliphatic rings. The molecular formula is C21H29N7O. The third-order valence-electron chi connectivity index (χ3n) is 5.03. The molecule has 1 amide bonds. The number of nitrogens with one attached hydrogen (secondary N) is 2. The van der Waals surface area contributed by atoms with Crippen LogP contribution in [0.1, 0.15) is 17.5 Å². The van der Waals surface area contributed by atoms with Gasteiger partial charge in [-0.3, -0.25) is 9.79 Å². The second kappa shape index (κ2) is 10.4. The third kappa shape index (κ3) is 5.91. The number of aromatic nitrogens is 2. The average molecular weight is 396 g/mol. The van der Waals surface area contributed by atoms with Gasteiger partial charge in [0.25, 0.3) is 0 Å². The van der Waals surface area contributed by atoms with Crippen molar-refractivity contribution in [2.45, 2.75) is 19.9 Å². The summed E-state index contributed by atoms with van der Waals surface area (Å²) in [5.41, 5.74) is 2.47. The highest BCUT2D eigenvalue weighted by atomic mass is 16.2. The lowest BCUT2D eigenvalue weighted by Crippen LogP contribution is -2.50. The van der Waals surface area contributed by atoms with E-state index in [0.29, 0.717) is 38.6 Å². The predicted molar refractivity (Wildman–Crippen MR) is 115 cm³/mol. The van der Waals surface area contributed by atoms with Crippen molar-refractivity contribution in [3.63, 3.8) is 0 Å². The first-order chi connectivity index (χ1) is 14.2. The molecule has 1 saturated heterocycles. The first-order valence-electron chi connectivity index (χ1n) is 9.96. The van der Waals surface area contributed by atoms with E-state index in [0.717, 1.165) is 19.0 Å². The number of hydrogen-bond donors (Lipinski definition) is 2. The van der Waals surface area contributed by atoms with Crippen molar-refractivity contribution in [1.82, 2.24) is 25.5 Å². The van der Waals surface area contributed by atoms with E-state index in [-0.39, 0.29) is 5.91 Å². The molecule has 0 aliphatic carbocycles. The number of guanidine groups is 1. The highest BCUT2D eigenvalue weighted by Gasteiger charge is 2.22. The van der Waals surface area contributed by atoms with Gasteiger partial charge in [-0.25, -0.2) is 9.97 Å². The van der Waals surface area contributed by atoms with Crippen LogP contribution >= 0.6 is 0 Å². The molecule has 2 aromatic rings. The van der Waals surface area contributed by atoms with Crippen molar-refractivity contribution in [3.05, 3.63) is 53.9 Å². The van der Waals surface area contributed by atoms with Gasteiger partial charge in [-0.05, 0) is 24.1 Å². The van der Waals surface area contributed by atoms with E-state index in [2.05, 4.69) is 49.6 Å². The minimum Gasteiger partial charge on any atom is -0.356 e. The van der Waals surface area contributed by atoms with Crippen LogP contribution < -0.4 is 15.5 Å². The van der Waals surface area contributed by atoms with Crippen LogP contribution in [0, 0.1) is 6.92 Å². The van der Waals surface area contributed by atoms with Gasteiger partial charge in [0.05, 0.1) is 0 Å². The molecule has 2 heterocycles. The molecule has 1 aromatic heterocycles. The summed E-state index contributed by atoms with van der Waals surface area (Å²) in [5, 5.41) is 6.52. The number of piperazine rings is 1. The molecule has 8 nitrogen and oxygen atoms in total. The standard InChI is InChI=1S/C21H29N7O/c1-17-6-3-4-7-18(17)16-26-20(22-2)23-11-8-19(29)27-12-14-28(15-13-27)21-24-9-5-10-25-21/h3-7,9-10H,8,11-16H2,1-2H3,(H2,22,23,26). The van der Waals surface area contributed by atoms with Crippen LogP contribution in [0.2, 0.25) is 0 Å². The van der Waals surface area contributed by atoms with E-state index in [1.807, 2.05) is 17.0 Å². The zero-order valence-electron chi connectivity index (χ0n) is 17.1. The lowest BCUT2D eigenvalue weighted by Gasteiger charge is -2.34. The molecule has 29 heavy (non-hydrogen) atoms. The van der Waals surface area contributed by atoms with Gasteiger partial charge in [0.1, 0.15) is 0 Å². The Labute approximate surface area is 172 Å². The molecule has 0 radical (unpaired) electrons. The molecule has 0 atom stereocenters. The Hall–Kier alpha value is -3.16. The summed E-state index contributed by atoms with van der Waals surface area (Å²) < 4.78 is 0. The first kappa shape index (κ1) is 20.6. The second-order valence-electron chi connectivity index (χ2n) is 6.95. The number of rotatable bonds is 6. The summed E-state index contributed by atoms with van der Waals surface area (Å²) in [4.78, 5) is 29.3. The Balaban J connectivity index is 1.37. The van der Waals surface area contributed by atoms with Gasteiger partial charge in [-0.1, -0.05) is 24.3 Å². The number of nitrogens with zero attached hydrogens (tertiary/aromatic N) is 5. The summed E-state index contributed by atoms with van der Waals surface area (Å²) in [6, 6.07) is 10.1. The van der Waals surface area contributed by atoms with E-state index in [1.165, 1.54) is 11.1 Å². The van der Waals surface area contributed by atoms with E-state index >= 15 is 0 Å². The minimum absolute atomic E-state index is 0.153. The van der Waals surface area contributed by atoms with Crippen LogP contribution in [0.15, 0.2) is 47.7 Å². The van der Waals surface area contributed by atoms with E-state index in [9.17, 15) is 4.79 Å². The monoisotopic (exact) mass is 395 g/mol. The van der Waals surface area contributed by atoms with Crippen LogP contribution in [0.4, 0.5) is 5.95 Å². The molecule has 3 rings (SSSR count). The molecule has 1 aliphatic heterocycles. The SMILES string of the molecule is CN=C(NCCC(=O)N1CCN(c2ncccn2)CC1)NCc1ccccc1C. The number of benzene rings is 1. The smallest absolute Gasteiger partial charge is 0.225 e. The molecule has 1 fully saturated rings. The van der Waals surface area contributed by atoms with Crippen molar-refractivity contribution in [2.24, 2.45) is 4.99 Å². The number of amides is 1. The molecule has 0 bridgehead atoms. The number of aryl methyl sites for hydroxylation is 1. The zero-order valence-corrected chi connectivity index (χ0v) is 17.1. The van der Waals surface area contributed by atoms with Gasteiger partial charge in [0, 0.05) is 65.1 Å². The van der Waals surface area contributed by atoms with Crippen molar-refractivity contribution in [2.75, 3.05) is 44.7 Å². The van der Waals surface area contributed by atoms with E-state index in [1.54, 1.807) is 25.5 Å². The van der Waals surface area contributed by atoms with Crippen LogP contribution in [0.5, 0.6) is 0 Å². The zero-order chi connectivity index (χ0) is 20.5. The second-order valence-corrected chi connectivity index (χ2v) is 6.95. The molecular weight excluding hydrogens is 366 g/mol. The van der Waals surface area contributed by atoms with E-state index in [4.69, 9.17) is 0 Å². The first-order valence-corrected chi connectivity index (χ1v) is 9.96. The van der Waals surface area contributed by atoms with Crippen LogP contribution in [0.3, 0.4) is 0 Å². The molecule has 0 unspecified atom stereocenters. The van der Waals surface area contributed by atoms with Crippen LogP contribution in [0.25, 0.3) is 0 Å². The topological polar surface area (TPSA) is 85.8 Å². The lowest BCUT2D eigenvalue weighted by atomic mass is 10.1. The Morgan fingerprint density at radius 2 is 1.79 bits per heavy atom. The maximum Gasteiger partial charge on any atom is 0.225 e. The van der Waals surface area contributed by atoms with Gasteiger partial charge in [0.15, 0.2) is 5.96 Å². The maximum atomic E-state index is 12.5. The summed E-state index contributed by atoms with van der Waals surface area (Å²) in [7, 11) is 1.74. The van der Waals surface area contributed by atoms with Crippen molar-refractivity contribution < 1.29 is 4.79 Å². The van der Waals surface area contributed by atoms with Gasteiger partial charge in [-0.15, -0.1) is 0 Å². The van der Waals surface area contributed by atoms with Gasteiger partial charge < -0.3 is 20.4 Å². The van der Waals surface area contributed by atoms with E-state index < -0.39 is 0 Å². The molecule has 2 N–H and O–H groups in total. The summed E-state index contributed by atoms with van der Waals surface area (Å²) in [5.74, 6) is 1.58. The highest BCUT2D eigenvalue weighted by molar-refractivity contribution is 5.81. The van der Waals surface area contributed by atoms with Gasteiger partial charge in [0.2, 0.25) is 11.9 Å². The van der Waals surface area contributed by atoms with Crippen LogP contribution in [-0.4, -0.2) is 66.5 Å². The lowest BCUT2D eigenvalue weighted by molar-refractivity contribution is -0.131. The van der Waals surface area contributed by atoms with Crippen LogP contribution in [-0.2, 0) is 11.3 Å². The van der Waals surface area contributed by atoms with Crippen molar-refractivity contribution >= 4 is 17.8 Å². The van der Waals surface area contributed by atoms with Crippen molar-refractivity contribution in [1.29, 1.82) is 0 Å². The number of anilines is 1. The molecule has 154 valence electrons. The number of carbonyl (C=O) groups is 1. The minimum atomic E-state index is 0.153. The van der Waals surface area contributed by atoms with Crippen molar-refractivity contribution in [3.8, 4) is 0 Å². The summed E-state index contributed by atoms with van der Waals surface area (Å²) >= 11 is 0. The molecule has 8 heteroatoms. The highest BCUT2D eigenvalue weighted by Crippen LogP contribution is 2.10. The fourth-order valence-corrected chi connectivity index (χ4v) is 3.26. The summed E-state index contributed by atoms with van der Waals surface area (Å²) in [6.45, 7) is 6.23. The number of carbonyl (C=O) groups excluding carboxylic acids is 1. The number of aliphatic imine (C=N–C) groups is 1. The van der Waals surface area contributed by atoms with Gasteiger partial charge >= 0.3 is 0 Å². The van der Waals surface area contributed by atoms with Gasteiger partial charge in [-0.2, -0.15) is 0 Å². The largest absolute Gasteiger partial charge is 0.356 e. The normalized spacial score (nSPS) is 14.6. The number of hydrogen-bond acceptors (Lipinski definition) is 5. The fourth-order valence-electron chi connectivity index (χ4n) is 3.26. The molecule has 0 spiro atoms. The quantitative estimate of drug-likeness (QED) is 0.565. The maximum absolute atomic E-state index is 12.5. The molecule has 0 saturated carbocycles. The summed E-state index contributed by atoms with van der Waals surface area (Å²) in [6.07, 6.45) is 3.92. The Morgan fingerprint density at radius 3 is 2.48 bits per heavy atom. The Bertz CT molecular complexity index is 817. The average Bonchev–Trinajstić information content (AvgIpc) is 2.77. The third-order valence-corrected chi connectivity index (χ3v) is 5.03.